The fraction of sp³-hybridized carbons (Fsp3) is 0.105. The van der Waals surface area contributed by atoms with Gasteiger partial charge in [-0.25, -0.2) is 0 Å². The lowest BCUT2D eigenvalue weighted by atomic mass is 10.2. The Balaban J connectivity index is 1.68. The lowest BCUT2D eigenvalue weighted by Gasteiger charge is -2.12. The molecule has 2 aromatic rings. The second-order valence-electron chi connectivity index (χ2n) is 5.60. The third-order valence-electron chi connectivity index (χ3n) is 3.70. The van der Waals surface area contributed by atoms with Crippen LogP contribution in [0.5, 0.6) is 5.75 Å². The minimum Gasteiger partial charge on any atom is -0.497 e. The highest BCUT2D eigenvalue weighted by molar-refractivity contribution is 8.18. The van der Waals surface area contributed by atoms with E-state index < -0.39 is 17.1 Å². The van der Waals surface area contributed by atoms with Crippen molar-refractivity contribution in [2.75, 3.05) is 19.0 Å². The number of thioether (sulfide) groups is 1. The summed E-state index contributed by atoms with van der Waals surface area (Å²) in [4.78, 5) is 38.0. The molecule has 3 rings (SSSR count). The van der Waals surface area contributed by atoms with Crippen LogP contribution in [0.25, 0.3) is 6.08 Å². The summed E-state index contributed by atoms with van der Waals surface area (Å²) in [5.41, 5.74) is 1.25. The molecule has 6 nitrogen and oxygen atoms in total. The van der Waals surface area contributed by atoms with Gasteiger partial charge in [0.2, 0.25) is 5.91 Å². The lowest BCUT2D eigenvalue weighted by molar-refractivity contribution is -0.127. The zero-order valence-electron chi connectivity index (χ0n) is 14.3. The average Bonchev–Trinajstić information content (AvgIpc) is 2.90. The highest BCUT2D eigenvalue weighted by atomic mass is 35.5. The molecule has 138 valence electrons. The van der Waals surface area contributed by atoms with Crippen LogP contribution in [0.15, 0.2) is 53.4 Å². The predicted octanol–water partition coefficient (Wildman–Crippen LogP) is 4.02. The SMILES string of the molecule is COc1ccc(/C=C2/SC(=O)N(CC(=O)Nc3cccc(Cl)c3)C2=O)cc1. The standard InChI is InChI=1S/C19H15ClN2O4S/c1-26-15-7-5-12(6-8-15)9-16-18(24)22(19(25)27-16)11-17(23)21-14-4-2-3-13(20)10-14/h2-10H,11H2,1H3,(H,21,23)/b16-9+. The normalized spacial score (nSPS) is 15.3. The number of amides is 3. The second kappa shape index (κ2) is 8.28. The van der Waals surface area contributed by atoms with Crippen molar-refractivity contribution in [1.29, 1.82) is 0 Å². The van der Waals surface area contributed by atoms with E-state index in [0.717, 1.165) is 22.2 Å². The number of anilines is 1. The van der Waals surface area contributed by atoms with Crippen molar-refractivity contribution in [3.63, 3.8) is 0 Å². The molecular weight excluding hydrogens is 388 g/mol. The van der Waals surface area contributed by atoms with Gasteiger partial charge >= 0.3 is 0 Å². The van der Waals surface area contributed by atoms with Crippen molar-refractivity contribution in [3.8, 4) is 5.75 Å². The van der Waals surface area contributed by atoms with Gasteiger partial charge in [-0.05, 0) is 53.7 Å². The van der Waals surface area contributed by atoms with Gasteiger partial charge in [0, 0.05) is 10.7 Å². The number of carbonyl (C=O) groups is 3. The molecule has 1 N–H and O–H groups in total. The molecule has 0 bridgehead atoms. The van der Waals surface area contributed by atoms with Gasteiger partial charge in [-0.2, -0.15) is 0 Å². The number of hydrogen-bond donors (Lipinski definition) is 1. The van der Waals surface area contributed by atoms with E-state index in [1.165, 1.54) is 0 Å². The van der Waals surface area contributed by atoms with Crippen molar-refractivity contribution >= 4 is 52.2 Å². The monoisotopic (exact) mass is 402 g/mol. The maximum absolute atomic E-state index is 12.5. The van der Waals surface area contributed by atoms with Crippen LogP contribution in [-0.4, -0.2) is 35.6 Å². The van der Waals surface area contributed by atoms with E-state index in [9.17, 15) is 14.4 Å². The molecule has 1 fully saturated rings. The van der Waals surface area contributed by atoms with Crippen LogP contribution < -0.4 is 10.1 Å². The van der Waals surface area contributed by atoms with E-state index in [1.54, 1.807) is 61.7 Å². The average molecular weight is 403 g/mol. The number of imide groups is 1. The minimum absolute atomic E-state index is 0.265. The van der Waals surface area contributed by atoms with Gasteiger partial charge in [0.05, 0.1) is 12.0 Å². The van der Waals surface area contributed by atoms with E-state index in [4.69, 9.17) is 16.3 Å². The van der Waals surface area contributed by atoms with Crippen LogP contribution in [0.1, 0.15) is 5.56 Å². The maximum Gasteiger partial charge on any atom is 0.294 e. The molecule has 27 heavy (non-hydrogen) atoms. The Bertz CT molecular complexity index is 928. The van der Waals surface area contributed by atoms with E-state index in [2.05, 4.69) is 5.32 Å². The van der Waals surface area contributed by atoms with Gasteiger partial charge in [-0.15, -0.1) is 0 Å². The largest absolute Gasteiger partial charge is 0.497 e. The number of ether oxygens (including phenoxy) is 1. The van der Waals surface area contributed by atoms with Crippen LogP contribution >= 0.6 is 23.4 Å². The third kappa shape index (κ3) is 4.69. The zero-order chi connectivity index (χ0) is 19.4. The Morgan fingerprint density at radius 3 is 2.63 bits per heavy atom. The van der Waals surface area contributed by atoms with E-state index in [-0.39, 0.29) is 11.4 Å². The van der Waals surface area contributed by atoms with Gasteiger partial charge in [-0.3, -0.25) is 19.3 Å². The highest BCUT2D eigenvalue weighted by Crippen LogP contribution is 2.32. The van der Waals surface area contributed by atoms with E-state index >= 15 is 0 Å². The number of benzene rings is 2. The third-order valence-corrected chi connectivity index (χ3v) is 4.84. The molecule has 1 heterocycles. The number of carbonyl (C=O) groups excluding carboxylic acids is 3. The second-order valence-corrected chi connectivity index (χ2v) is 7.03. The molecule has 0 aliphatic carbocycles. The summed E-state index contributed by atoms with van der Waals surface area (Å²) in [6.07, 6.45) is 1.61. The summed E-state index contributed by atoms with van der Waals surface area (Å²) in [6, 6.07) is 13.7. The molecule has 0 unspecified atom stereocenters. The van der Waals surface area contributed by atoms with Gasteiger partial charge in [0.1, 0.15) is 12.3 Å². The first kappa shape index (κ1) is 19.0. The van der Waals surface area contributed by atoms with Gasteiger partial charge in [0.25, 0.3) is 11.1 Å². The molecule has 1 aliphatic rings. The summed E-state index contributed by atoms with van der Waals surface area (Å²) in [6.45, 7) is -0.364. The molecule has 1 saturated heterocycles. The number of nitrogens with zero attached hydrogens (tertiary/aromatic N) is 1. The van der Waals surface area contributed by atoms with Crippen LogP contribution in [0, 0.1) is 0 Å². The molecular formula is C19H15ClN2O4S. The quantitative estimate of drug-likeness (QED) is 0.764. The summed E-state index contributed by atoms with van der Waals surface area (Å²) < 4.78 is 5.09. The first-order valence-corrected chi connectivity index (χ1v) is 9.10. The Hall–Kier alpha value is -2.77. The van der Waals surface area contributed by atoms with E-state index in [1.807, 2.05) is 0 Å². The first-order valence-electron chi connectivity index (χ1n) is 7.91. The van der Waals surface area contributed by atoms with Crippen LogP contribution in [0.2, 0.25) is 5.02 Å². The highest BCUT2D eigenvalue weighted by Gasteiger charge is 2.36. The number of hydrogen-bond acceptors (Lipinski definition) is 5. The Morgan fingerprint density at radius 2 is 1.96 bits per heavy atom. The molecule has 0 aromatic heterocycles. The molecule has 2 aromatic carbocycles. The van der Waals surface area contributed by atoms with Crippen molar-refractivity contribution in [2.45, 2.75) is 0 Å². The molecule has 8 heteroatoms. The predicted molar refractivity (Wildman–Crippen MR) is 106 cm³/mol. The molecule has 0 atom stereocenters. The van der Waals surface area contributed by atoms with Crippen molar-refractivity contribution in [2.24, 2.45) is 0 Å². The molecule has 0 saturated carbocycles. The summed E-state index contributed by atoms with van der Waals surface area (Å²) >= 11 is 6.67. The summed E-state index contributed by atoms with van der Waals surface area (Å²) in [5.74, 6) is -0.287. The van der Waals surface area contributed by atoms with Gasteiger partial charge < -0.3 is 10.1 Å². The number of methoxy groups -OCH3 is 1. The molecule has 0 spiro atoms. The van der Waals surface area contributed by atoms with E-state index in [0.29, 0.717) is 16.5 Å². The molecule has 1 aliphatic heterocycles. The number of nitrogens with one attached hydrogen (secondary N) is 1. The number of halogens is 1. The minimum atomic E-state index is -0.498. The Labute approximate surface area is 165 Å². The smallest absolute Gasteiger partial charge is 0.294 e. The van der Waals surface area contributed by atoms with Gasteiger partial charge in [-0.1, -0.05) is 29.8 Å². The fourth-order valence-electron chi connectivity index (χ4n) is 2.40. The Kier molecular flexibility index (Phi) is 5.83. The van der Waals surface area contributed by atoms with Crippen molar-refractivity contribution in [1.82, 2.24) is 4.90 Å². The topological polar surface area (TPSA) is 75.7 Å². The van der Waals surface area contributed by atoms with Crippen LogP contribution in [0.4, 0.5) is 10.5 Å². The molecule has 0 radical (unpaired) electrons. The fourth-order valence-corrected chi connectivity index (χ4v) is 3.43. The van der Waals surface area contributed by atoms with Crippen molar-refractivity contribution in [3.05, 3.63) is 64.0 Å². The zero-order valence-corrected chi connectivity index (χ0v) is 15.8. The summed E-state index contributed by atoms with van der Waals surface area (Å²) in [5, 5.41) is 2.60. The van der Waals surface area contributed by atoms with Gasteiger partial charge in [0.15, 0.2) is 0 Å². The van der Waals surface area contributed by atoms with Crippen molar-refractivity contribution < 1.29 is 19.1 Å². The first-order chi connectivity index (χ1) is 13.0. The maximum atomic E-state index is 12.5. The lowest BCUT2D eigenvalue weighted by Crippen LogP contribution is -2.36. The summed E-state index contributed by atoms with van der Waals surface area (Å²) in [7, 11) is 1.56. The van der Waals surface area contributed by atoms with Crippen LogP contribution in [-0.2, 0) is 9.59 Å². The van der Waals surface area contributed by atoms with Crippen LogP contribution in [0.3, 0.4) is 0 Å². The molecule has 3 amide bonds. The Morgan fingerprint density at radius 1 is 1.22 bits per heavy atom. The number of rotatable bonds is 5.